The fraction of sp³-hybridized carbons (Fsp3) is 0.641. The SMILES string of the molecule is C.CC(C)C.CC(C)C.CC(C)C.CC(C)C.CC(C)C.CC(C)C.CC(C)C.CC(C)c1cnon1.CC(C)c1cnsn1.CC(C)c1nnno1.CC(C)c1nnns1.c1ccnnc1.c1cn[nH]c1.c1cnoc1.c1cocn1.c1conn1.c1nnon1.c1nnsn1. The van der Waals surface area contributed by atoms with Gasteiger partial charge in [-0.3, -0.25) is 5.10 Å². The summed E-state index contributed by atoms with van der Waals surface area (Å²) < 4.78 is 44.5. The monoisotopic (exact) mass is 1420 g/mol. The molecular weight excluding hydrogens is 1300 g/mol. The maximum atomic E-state index is 4.62. The van der Waals surface area contributed by atoms with E-state index < -0.39 is 0 Å². The lowest BCUT2D eigenvalue weighted by Crippen LogP contribution is -1.85. The summed E-state index contributed by atoms with van der Waals surface area (Å²) in [4.78, 5) is 3.56. The number of oxazole rings is 1. The van der Waals surface area contributed by atoms with Crippen LogP contribution in [0.3, 0.4) is 0 Å². The van der Waals surface area contributed by atoms with Crippen LogP contribution in [0.4, 0.5) is 0 Å². The first-order chi connectivity index (χ1) is 45.3. The van der Waals surface area contributed by atoms with Crippen LogP contribution in [0, 0.1) is 41.4 Å². The standard InChI is InChI=1S/C5H8N2O.C5H8N2S.C4H7N3O.C4H7N3S.C4H4N2.7C4H10.C3H4N2.2C3H3NO.C2H2N2O.CHN3O.CHN3S.CH4/c2*1-4(2)5-3-6-8-7-5;2*1-3(2)4-5-6-7-8-4;1-2-4-6-5-3-1;7*1-4(2)3;1-2-4-5-3-1;1-2-5-3-4-1;1-2-4-5-3-1;1-2-5-4-3-1;2*1-2-4-5-3-1;/h2*3-4H,1-2H3;2*3H,1-2H3;1-4H;7*4H,1-3H3;1-3H,(H,4,5);2*1-3H;1-2H;2*1H;1H4. The quantitative estimate of drug-likeness (QED) is 0.171. The number of nitrogens with zero attached hydrogens (tertiary/aromatic N) is 23. The highest BCUT2D eigenvalue weighted by Crippen LogP contribution is 2.12. The number of H-pyrrole nitrogens is 1. The summed E-state index contributed by atoms with van der Waals surface area (Å²) in [6.45, 7) is 61.9. The van der Waals surface area contributed by atoms with Crippen LogP contribution in [0.15, 0.2) is 145 Å². The molecule has 0 unspecified atom stereocenters. The van der Waals surface area contributed by atoms with Gasteiger partial charge >= 0.3 is 0 Å². The topological polar surface area (TPSA) is 391 Å². The van der Waals surface area contributed by atoms with Crippen molar-refractivity contribution in [1.82, 2.24) is 120 Å². The smallest absolute Gasteiger partial charge is 0.250 e. The van der Waals surface area contributed by atoms with Gasteiger partial charge in [-0.1, -0.05) is 243 Å². The highest BCUT2D eigenvalue weighted by atomic mass is 32.1. The van der Waals surface area contributed by atoms with Crippen LogP contribution < -0.4 is 0 Å². The average Bonchev–Trinajstić information content (AvgIpc) is 2.14. The van der Waals surface area contributed by atoms with E-state index in [1.807, 2.05) is 52.1 Å². The molecule has 30 nitrogen and oxygen atoms in total. The van der Waals surface area contributed by atoms with Gasteiger partial charge in [-0.25, -0.2) is 14.2 Å². The van der Waals surface area contributed by atoms with E-state index in [1.54, 1.807) is 49.4 Å². The molecule has 1 N–H and O–H groups in total. The third kappa shape index (κ3) is 125. The van der Waals surface area contributed by atoms with E-state index in [2.05, 4.69) is 320 Å². The summed E-state index contributed by atoms with van der Waals surface area (Å²) in [5.74, 6) is 8.11. The molecule has 33 heteroatoms. The molecule has 11 heterocycles. The number of aromatic amines is 1. The number of aromatic nitrogens is 24. The Hall–Kier alpha value is -8.33. The Labute approximate surface area is 592 Å². The lowest BCUT2D eigenvalue weighted by Gasteiger charge is -1.92. The van der Waals surface area contributed by atoms with Crippen molar-refractivity contribution in [3.8, 4) is 0 Å². The third-order valence-corrected chi connectivity index (χ3v) is 7.62. The van der Waals surface area contributed by atoms with Gasteiger partial charge in [-0.2, -0.15) is 28.4 Å². The maximum Gasteiger partial charge on any atom is 0.250 e. The van der Waals surface area contributed by atoms with Gasteiger partial charge in [0, 0.05) is 59.3 Å². The summed E-state index contributed by atoms with van der Waals surface area (Å²) in [5, 5.41) is 61.1. The molecule has 0 spiro atoms. The molecular formula is C64H122N24O6S3. The molecule has 11 aromatic heterocycles. The van der Waals surface area contributed by atoms with Crippen molar-refractivity contribution in [2.24, 2.45) is 41.4 Å². The van der Waals surface area contributed by atoms with Gasteiger partial charge in [0.2, 0.25) is 0 Å². The molecule has 0 saturated heterocycles. The Balaban J connectivity index is -0.000000145. The van der Waals surface area contributed by atoms with Crippen molar-refractivity contribution in [2.75, 3.05) is 0 Å². The van der Waals surface area contributed by atoms with E-state index in [0.29, 0.717) is 23.6 Å². The minimum Gasteiger partial charge on any atom is -0.452 e. The van der Waals surface area contributed by atoms with Crippen LogP contribution >= 0.6 is 35.0 Å². The maximum absolute atomic E-state index is 4.62. The second-order valence-corrected chi connectivity index (χ2v) is 26.3. The highest BCUT2D eigenvalue weighted by Gasteiger charge is 2.04. The van der Waals surface area contributed by atoms with E-state index in [4.69, 9.17) is 0 Å². The Kier molecular flexibility index (Phi) is 90.4. The van der Waals surface area contributed by atoms with Crippen LogP contribution in [0.1, 0.15) is 254 Å². The van der Waals surface area contributed by atoms with Gasteiger partial charge in [0.15, 0.2) is 19.0 Å². The van der Waals surface area contributed by atoms with Gasteiger partial charge in [-0.15, -0.1) is 15.3 Å². The summed E-state index contributed by atoms with van der Waals surface area (Å²) in [5.41, 5.74) is 2.00. The molecule has 0 fully saturated rings. The van der Waals surface area contributed by atoms with Crippen molar-refractivity contribution in [1.29, 1.82) is 0 Å². The average molecular weight is 1420 g/mol. The summed E-state index contributed by atoms with van der Waals surface area (Å²) in [6, 6.07) is 7.21. The third-order valence-electron chi connectivity index (χ3n) is 5.88. The molecule has 0 atom stereocenters. The largest absolute Gasteiger partial charge is 0.452 e. The molecule has 11 rings (SSSR count). The molecule has 0 aromatic carbocycles. The van der Waals surface area contributed by atoms with Gasteiger partial charge in [0.25, 0.3) is 5.89 Å². The number of nitrogens with one attached hydrogen (secondary N) is 1. The Bertz CT molecular complexity index is 2180. The zero-order chi connectivity index (χ0) is 74.4. The van der Waals surface area contributed by atoms with E-state index in [9.17, 15) is 0 Å². The summed E-state index contributed by atoms with van der Waals surface area (Å²) in [7, 11) is 0. The first-order valence-electron chi connectivity index (χ1n) is 31.4. The molecule has 97 heavy (non-hydrogen) atoms. The van der Waals surface area contributed by atoms with Gasteiger partial charge in [0.1, 0.15) is 29.5 Å². The van der Waals surface area contributed by atoms with E-state index >= 15 is 0 Å². The predicted molar refractivity (Wildman–Crippen MR) is 388 cm³/mol. The predicted octanol–water partition coefficient (Wildman–Crippen LogP) is 18.5. The van der Waals surface area contributed by atoms with Crippen LogP contribution in [0.25, 0.3) is 0 Å². The zero-order valence-corrected chi connectivity index (χ0v) is 65.2. The van der Waals surface area contributed by atoms with E-state index in [-0.39, 0.29) is 13.3 Å². The minimum atomic E-state index is 0. The van der Waals surface area contributed by atoms with Crippen molar-refractivity contribution >= 4 is 35.0 Å². The van der Waals surface area contributed by atoms with Crippen molar-refractivity contribution in [3.63, 3.8) is 0 Å². The second kappa shape index (κ2) is 83.8. The van der Waals surface area contributed by atoms with Crippen LogP contribution in [0.5, 0.6) is 0 Å². The Morgan fingerprint density at radius 3 is 1.14 bits per heavy atom. The van der Waals surface area contributed by atoms with Gasteiger partial charge in [-0.05, 0) is 87.2 Å². The van der Waals surface area contributed by atoms with E-state index in [0.717, 1.165) is 69.5 Å². The Morgan fingerprint density at radius 1 is 0.412 bits per heavy atom. The number of hydrogen-bond acceptors (Lipinski definition) is 32. The summed E-state index contributed by atoms with van der Waals surface area (Å²) in [6.07, 6.45) is 23.3. The van der Waals surface area contributed by atoms with Crippen molar-refractivity contribution in [3.05, 3.63) is 140 Å². The molecule has 0 amide bonds. The Morgan fingerprint density at radius 2 is 0.990 bits per heavy atom. The van der Waals surface area contributed by atoms with Crippen LogP contribution in [0.2, 0.25) is 0 Å². The molecule has 0 bridgehead atoms. The highest BCUT2D eigenvalue weighted by molar-refractivity contribution is 7.05. The molecule has 0 aliphatic rings. The first kappa shape index (κ1) is 105. The fourth-order valence-corrected chi connectivity index (χ4v) is 3.95. The fourth-order valence-electron chi connectivity index (χ4n) is 2.74. The zero-order valence-electron chi connectivity index (χ0n) is 62.8. The molecule has 552 valence electrons. The first-order valence-corrected chi connectivity index (χ1v) is 33.6. The molecule has 0 saturated carbocycles. The molecule has 0 aliphatic heterocycles. The van der Waals surface area contributed by atoms with Crippen molar-refractivity contribution in [2.45, 2.75) is 232 Å². The number of hydrogen-bond donors (Lipinski definition) is 1. The van der Waals surface area contributed by atoms with Crippen LogP contribution in [-0.2, 0) is 0 Å². The molecule has 0 radical (unpaired) electrons. The minimum absolute atomic E-state index is 0. The van der Waals surface area contributed by atoms with Gasteiger partial charge in [0.05, 0.1) is 70.7 Å². The lowest BCUT2D eigenvalue weighted by atomic mass is 10.2. The van der Waals surface area contributed by atoms with Crippen LogP contribution in [-0.4, -0.2) is 120 Å². The van der Waals surface area contributed by atoms with E-state index in [1.165, 1.54) is 67.3 Å². The van der Waals surface area contributed by atoms with Crippen molar-refractivity contribution < 1.29 is 27.2 Å². The second-order valence-electron chi connectivity index (χ2n) is 24.4. The molecule has 11 aromatic rings. The van der Waals surface area contributed by atoms with Gasteiger partial charge < -0.3 is 18.0 Å². The summed E-state index contributed by atoms with van der Waals surface area (Å²) >= 11 is 3.73. The normalized spacial score (nSPS) is 8.99. The lowest BCUT2D eigenvalue weighted by molar-refractivity contribution is 0.292. The number of rotatable bonds is 4. The molecule has 0 aliphatic carbocycles.